The molecule has 1 amide bonds. The van der Waals surface area contributed by atoms with E-state index in [4.69, 9.17) is 4.74 Å². The number of aryl methyl sites for hydroxylation is 1. The van der Waals surface area contributed by atoms with Gasteiger partial charge in [0.1, 0.15) is 5.82 Å². The number of carbonyl (C=O) groups is 1. The van der Waals surface area contributed by atoms with Crippen molar-refractivity contribution < 1.29 is 27.1 Å². The van der Waals surface area contributed by atoms with Gasteiger partial charge >= 0.3 is 6.18 Å². The van der Waals surface area contributed by atoms with E-state index < -0.39 is 29.0 Å². The van der Waals surface area contributed by atoms with Crippen LogP contribution in [0.1, 0.15) is 32.9 Å². The number of halogens is 4. The topological polar surface area (TPSA) is 43.6 Å². The molecule has 0 atom stereocenters. The summed E-state index contributed by atoms with van der Waals surface area (Å²) in [6, 6.07) is 2.59. The molecule has 1 aromatic heterocycles. The Labute approximate surface area is 151 Å². The van der Waals surface area contributed by atoms with Gasteiger partial charge in [0.25, 0.3) is 5.91 Å². The summed E-state index contributed by atoms with van der Waals surface area (Å²) in [6.45, 7) is 4.74. The minimum Gasteiger partial charge on any atom is -0.385 e. The van der Waals surface area contributed by atoms with Crippen LogP contribution in [0.25, 0.3) is 0 Å². The molecular weight excluding hydrogens is 372 g/mol. The highest BCUT2D eigenvalue weighted by Crippen LogP contribution is 2.32. The number of carbonyl (C=O) groups excluding carboxylic acids is 1. The van der Waals surface area contributed by atoms with Crippen LogP contribution in [0, 0.1) is 19.7 Å². The normalized spacial score (nSPS) is 12.7. The van der Waals surface area contributed by atoms with Crippen molar-refractivity contribution in [3.05, 3.63) is 50.5 Å². The quantitative estimate of drug-likeness (QED) is 0.570. The molecule has 2 aromatic rings. The monoisotopic (exact) mass is 390 g/mol. The predicted octanol–water partition coefficient (Wildman–Crippen LogP) is 4.10. The molecule has 142 valence electrons. The predicted molar refractivity (Wildman–Crippen MR) is 89.6 cm³/mol. The van der Waals surface area contributed by atoms with Gasteiger partial charge in [0.05, 0.1) is 11.1 Å². The van der Waals surface area contributed by atoms with Crippen molar-refractivity contribution in [1.82, 2.24) is 4.57 Å². The van der Waals surface area contributed by atoms with Crippen molar-refractivity contribution in [3.8, 4) is 0 Å². The number of hydrogen-bond acceptors (Lipinski definition) is 3. The van der Waals surface area contributed by atoms with E-state index in [-0.39, 0.29) is 0 Å². The number of ether oxygens (including phenoxy) is 1. The molecule has 0 radical (unpaired) electrons. The minimum absolute atomic E-state index is 0.318. The highest BCUT2D eigenvalue weighted by Gasteiger charge is 2.35. The number of hydrogen-bond donors (Lipinski definition) is 0. The molecule has 0 unspecified atom stereocenters. The van der Waals surface area contributed by atoms with Crippen LogP contribution in [0.2, 0.25) is 0 Å². The van der Waals surface area contributed by atoms with Crippen LogP contribution in [0.15, 0.2) is 23.2 Å². The van der Waals surface area contributed by atoms with Gasteiger partial charge in [-0.25, -0.2) is 4.39 Å². The van der Waals surface area contributed by atoms with E-state index in [0.29, 0.717) is 30.4 Å². The van der Waals surface area contributed by atoms with E-state index >= 15 is 0 Å². The number of methoxy groups -OCH3 is 1. The zero-order valence-electron chi connectivity index (χ0n) is 14.5. The average molecular weight is 390 g/mol. The van der Waals surface area contributed by atoms with E-state index in [1.54, 1.807) is 11.7 Å². The fourth-order valence-corrected chi connectivity index (χ4v) is 3.37. The van der Waals surface area contributed by atoms with Crippen molar-refractivity contribution in [1.29, 1.82) is 0 Å². The smallest absolute Gasteiger partial charge is 0.385 e. The first-order valence-corrected chi connectivity index (χ1v) is 8.59. The summed E-state index contributed by atoms with van der Waals surface area (Å²) in [5, 5.41) is 0. The molecule has 9 heteroatoms. The maximum atomic E-state index is 14.1. The van der Waals surface area contributed by atoms with E-state index in [9.17, 15) is 22.4 Å². The molecule has 26 heavy (non-hydrogen) atoms. The molecule has 0 aliphatic carbocycles. The molecule has 0 fully saturated rings. The highest BCUT2D eigenvalue weighted by molar-refractivity contribution is 7.09. The molecule has 0 bridgehead atoms. The van der Waals surface area contributed by atoms with Crippen LogP contribution in [0.5, 0.6) is 0 Å². The number of rotatable bonds is 5. The molecule has 0 saturated carbocycles. The fraction of sp³-hybridized carbons (Fsp3) is 0.412. The lowest BCUT2D eigenvalue weighted by molar-refractivity contribution is -0.140. The number of thiazole rings is 1. The molecular formula is C17H18F4N2O2S. The number of aromatic nitrogens is 1. The molecule has 4 nitrogen and oxygen atoms in total. The van der Waals surface area contributed by atoms with Crippen LogP contribution >= 0.6 is 11.3 Å². The van der Waals surface area contributed by atoms with Gasteiger partial charge in [0.15, 0.2) is 4.80 Å². The van der Waals surface area contributed by atoms with Gasteiger partial charge in [0.2, 0.25) is 0 Å². The van der Waals surface area contributed by atoms with E-state index in [0.717, 1.165) is 22.7 Å². The van der Waals surface area contributed by atoms with E-state index in [1.165, 1.54) is 11.3 Å². The first-order valence-electron chi connectivity index (χ1n) is 7.77. The summed E-state index contributed by atoms with van der Waals surface area (Å²) >= 11 is 1.23. The highest BCUT2D eigenvalue weighted by atomic mass is 32.1. The van der Waals surface area contributed by atoms with Crippen LogP contribution in [-0.2, 0) is 17.5 Å². The second kappa shape index (κ2) is 8.13. The lowest BCUT2D eigenvalue weighted by Crippen LogP contribution is -2.20. The summed E-state index contributed by atoms with van der Waals surface area (Å²) in [5.74, 6) is -2.65. The Kier molecular flexibility index (Phi) is 6.35. The maximum absolute atomic E-state index is 14.1. The third-order valence-electron chi connectivity index (χ3n) is 3.85. The standard InChI is InChI=1S/C17H18F4N2O2S/c1-10-11(2)26-16(23(10)8-5-9-25-3)22-15(24)12-6-4-7-13(14(12)18)17(19,20)21/h4,6-7H,5,8-9H2,1-3H3. The van der Waals surface area contributed by atoms with Crippen molar-refractivity contribution in [2.24, 2.45) is 4.99 Å². The first kappa shape index (κ1) is 20.3. The number of amides is 1. The Morgan fingerprint density at radius 3 is 2.62 bits per heavy atom. The summed E-state index contributed by atoms with van der Waals surface area (Å²) in [5.41, 5.74) is -1.29. The molecule has 0 N–H and O–H groups in total. The van der Waals surface area contributed by atoms with Crippen molar-refractivity contribution in [2.75, 3.05) is 13.7 Å². The summed E-state index contributed by atoms with van der Waals surface area (Å²) in [6.07, 6.45) is -4.21. The Hall–Kier alpha value is -2.00. The Morgan fingerprint density at radius 1 is 1.31 bits per heavy atom. The van der Waals surface area contributed by atoms with E-state index in [2.05, 4.69) is 4.99 Å². The zero-order valence-corrected chi connectivity index (χ0v) is 15.3. The van der Waals surface area contributed by atoms with Gasteiger partial charge in [-0.15, -0.1) is 11.3 Å². The molecule has 0 aliphatic heterocycles. The minimum atomic E-state index is -4.88. The summed E-state index contributed by atoms with van der Waals surface area (Å²) in [4.78, 5) is 17.4. The average Bonchev–Trinajstić information content (AvgIpc) is 2.81. The second-order valence-electron chi connectivity index (χ2n) is 5.61. The van der Waals surface area contributed by atoms with Gasteiger partial charge in [-0.1, -0.05) is 6.07 Å². The summed E-state index contributed by atoms with van der Waals surface area (Å²) in [7, 11) is 1.57. The maximum Gasteiger partial charge on any atom is 0.419 e. The van der Waals surface area contributed by atoms with Gasteiger partial charge in [-0.05, 0) is 32.4 Å². The first-order chi connectivity index (χ1) is 12.2. The fourth-order valence-electron chi connectivity index (χ4n) is 2.38. The lowest BCUT2D eigenvalue weighted by Gasteiger charge is -2.09. The van der Waals surface area contributed by atoms with E-state index in [1.807, 2.05) is 13.8 Å². The number of benzene rings is 1. The molecule has 0 saturated heterocycles. The SMILES string of the molecule is COCCCn1c(C)c(C)sc1=NC(=O)c1cccc(C(F)(F)F)c1F. The third-order valence-corrected chi connectivity index (χ3v) is 4.95. The van der Waals surface area contributed by atoms with Crippen LogP contribution in [-0.4, -0.2) is 24.2 Å². The molecule has 0 spiro atoms. The second-order valence-corrected chi connectivity index (χ2v) is 6.79. The third kappa shape index (κ3) is 4.39. The van der Waals surface area contributed by atoms with Gasteiger partial charge in [-0.3, -0.25) is 4.79 Å². The zero-order chi connectivity index (χ0) is 19.5. The van der Waals surface area contributed by atoms with Crippen LogP contribution < -0.4 is 4.80 Å². The molecule has 2 rings (SSSR count). The van der Waals surface area contributed by atoms with Gasteiger partial charge in [-0.2, -0.15) is 18.2 Å². The molecule has 0 aliphatic rings. The Balaban J connectivity index is 2.45. The molecule has 1 heterocycles. The largest absolute Gasteiger partial charge is 0.419 e. The number of alkyl halides is 3. The Bertz CT molecular complexity index is 869. The summed E-state index contributed by atoms with van der Waals surface area (Å²) < 4.78 is 59.4. The lowest BCUT2D eigenvalue weighted by atomic mass is 10.1. The van der Waals surface area contributed by atoms with Gasteiger partial charge in [0, 0.05) is 30.8 Å². The van der Waals surface area contributed by atoms with Gasteiger partial charge < -0.3 is 9.30 Å². The van der Waals surface area contributed by atoms with Crippen LogP contribution in [0.3, 0.4) is 0 Å². The number of nitrogens with zero attached hydrogens (tertiary/aromatic N) is 2. The Morgan fingerprint density at radius 2 is 2.00 bits per heavy atom. The molecule has 1 aromatic carbocycles. The van der Waals surface area contributed by atoms with Crippen molar-refractivity contribution in [2.45, 2.75) is 33.0 Å². The van der Waals surface area contributed by atoms with Crippen molar-refractivity contribution in [3.63, 3.8) is 0 Å². The van der Waals surface area contributed by atoms with Crippen molar-refractivity contribution >= 4 is 17.2 Å². The van der Waals surface area contributed by atoms with Crippen LogP contribution in [0.4, 0.5) is 17.6 Å².